The Hall–Kier alpha value is -1.85. The van der Waals surface area contributed by atoms with Crippen LogP contribution in [0.25, 0.3) is 0 Å². The summed E-state index contributed by atoms with van der Waals surface area (Å²) in [4.78, 5) is 25.5. The van der Waals surface area contributed by atoms with Crippen LogP contribution < -0.4 is 5.32 Å². The van der Waals surface area contributed by atoms with Crippen LogP contribution in [0.2, 0.25) is 0 Å². The zero-order chi connectivity index (χ0) is 11.4. The third-order valence-corrected chi connectivity index (χ3v) is 1.73. The molecule has 1 rings (SSSR count). The number of carboxylic acid groups (broad SMARTS) is 1. The summed E-state index contributed by atoms with van der Waals surface area (Å²) in [6, 6.07) is -0.909. The van der Waals surface area contributed by atoms with Crippen molar-refractivity contribution in [3.63, 3.8) is 0 Å². The molecule has 1 atom stereocenters. The molecule has 1 heterocycles. The van der Waals surface area contributed by atoms with Gasteiger partial charge in [0.15, 0.2) is 0 Å². The molecular formula is C9H12N2O4. The number of rotatable bonds is 4. The quantitative estimate of drug-likeness (QED) is 0.739. The van der Waals surface area contributed by atoms with E-state index < -0.39 is 17.9 Å². The van der Waals surface area contributed by atoms with Gasteiger partial charge in [0.2, 0.25) is 11.8 Å². The van der Waals surface area contributed by atoms with Gasteiger partial charge in [0.25, 0.3) is 0 Å². The van der Waals surface area contributed by atoms with Gasteiger partial charge < -0.3 is 14.8 Å². The Morgan fingerprint density at radius 2 is 2.33 bits per heavy atom. The molecule has 0 saturated carbocycles. The lowest BCUT2D eigenvalue weighted by Gasteiger charge is -2.07. The summed E-state index contributed by atoms with van der Waals surface area (Å²) in [6.45, 7) is 3.11. The number of hydrogen-bond acceptors (Lipinski definition) is 4. The number of hydrogen-bond donors (Lipinski definition) is 2. The van der Waals surface area contributed by atoms with Crippen LogP contribution in [0.1, 0.15) is 18.6 Å². The Bertz CT molecular complexity index is 372. The van der Waals surface area contributed by atoms with E-state index in [1.165, 1.54) is 13.1 Å². The molecule has 0 aliphatic carbocycles. The van der Waals surface area contributed by atoms with E-state index in [-0.39, 0.29) is 12.3 Å². The van der Waals surface area contributed by atoms with E-state index in [4.69, 9.17) is 9.52 Å². The zero-order valence-corrected chi connectivity index (χ0v) is 8.48. The molecule has 82 valence electrons. The maximum Gasteiger partial charge on any atom is 0.325 e. The number of nitrogens with one attached hydrogen (secondary N) is 1. The standard InChI is InChI=1S/C9H12N2O4/c1-5-4-10-8(15-5)3-7(12)11-6(2)9(13)14/h4,6H,3H2,1-2H3,(H,11,12)(H,13,14)/t6-/m0/s1. The first-order valence-corrected chi connectivity index (χ1v) is 4.42. The van der Waals surface area contributed by atoms with Gasteiger partial charge in [0.1, 0.15) is 18.2 Å². The van der Waals surface area contributed by atoms with Crippen molar-refractivity contribution in [2.24, 2.45) is 0 Å². The lowest BCUT2D eigenvalue weighted by atomic mass is 10.3. The number of amides is 1. The molecule has 0 unspecified atom stereocenters. The van der Waals surface area contributed by atoms with Crippen LogP contribution in [0.3, 0.4) is 0 Å². The van der Waals surface area contributed by atoms with Crippen molar-refractivity contribution in [1.29, 1.82) is 0 Å². The van der Waals surface area contributed by atoms with Crippen LogP contribution in [0.5, 0.6) is 0 Å². The van der Waals surface area contributed by atoms with Crippen LogP contribution >= 0.6 is 0 Å². The van der Waals surface area contributed by atoms with Crippen LogP contribution in [0, 0.1) is 6.92 Å². The summed E-state index contributed by atoms with van der Waals surface area (Å²) in [5, 5.41) is 10.8. The molecule has 0 aliphatic rings. The molecule has 0 bridgehead atoms. The van der Waals surface area contributed by atoms with Crippen molar-refractivity contribution in [3.05, 3.63) is 17.8 Å². The molecule has 1 aromatic heterocycles. The average Bonchev–Trinajstić information content (AvgIpc) is 2.50. The molecule has 2 N–H and O–H groups in total. The second kappa shape index (κ2) is 4.59. The first-order chi connectivity index (χ1) is 6.99. The molecule has 6 nitrogen and oxygen atoms in total. The predicted octanol–water partition coefficient (Wildman–Crippen LogP) is 0.115. The van der Waals surface area contributed by atoms with Crippen LogP contribution in [-0.4, -0.2) is 28.0 Å². The van der Waals surface area contributed by atoms with Gasteiger partial charge in [0.05, 0.1) is 6.20 Å². The third-order valence-electron chi connectivity index (χ3n) is 1.73. The van der Waals surface area contributed by atoms with E-state index in [0.717, 1.165) is 0 Å². The van der Waals surface area contributed by atoms with Gasteiger partial charge >= 0.3 is 5.97 Å². The first-order valence-electron chi connectivity index (χ1n) is 4.42. The van der Waals surface area contributed by atoms with Gasteiger partial charge in [-0.05, 0) is 13.8 Å². The topological polar surface area (TPSA) is 92.4 Å². The number of nitrogens with zero attached hydrogens (tertiary/aromatic N) is 1. The number of aromatic nitrogens is 1. The molecule has 0 aromatic carbocycles. The van der Waals surface area contributed by atoms with Crippen molar-refractivity contribution < 1.29 is 19.1 Å². The minimum atomic E-state index is -1.08. The van der Waals surface area contributed by atoms with Gasteiger partial charge in [-0.25, -0.2) is 4.98 Å². The normalized spacial score (nSPS) is 12.1. The lowest BCUT2D eigenvalue weighted by molar-refractivity contribution is -0.141. The molecule has 0 saturated heterocycles. The predicted molar refractivity (Wildman–Crippen MR) is 50.2 cm³/mol. The van der Waals surface area contributed by atoms with Crippen LogP contribution in [0.4, 0.5) is 0 Å². The van der Waals surface area contributed by atoms with Gasteiger partial charge in [-0.1, -0.05) is 0 Å². The first kappa shape index (κ1) is 11.2. The molecule has 1 aromatic rings. The van der Waals surface area contributed by atoms with E-state index in [2.05, 4.69) is 10.3 Å². The molecule has 0 radical (unpaired) electrons. The molecule has 15 heavy (non-hydrogen) atoms. The number of carbonyl (C=O) groups excluding carboxylic acids is 1. The Morgan fingerprint density at radius 1 is 1.67 bits per heavy atom. The van der Waals surface area contributed by atoms with Gasteiger partial charge in [-0.2, -0.15) is 0 Å². The summed E-state index contributed by atoms with van der Waals surface area (Å²) in [5.74, 6) is -0.606. The van der Waals surface area contributed by atoms with E-state index in [0.29, 0.717) is 5.76 Å². The van der Waals surface area contributed by atoms with Gasteiger partial charge in [-0.3, -0.25) is 9.59 Å². The molecule has 1 amide bonds. The van der Waals surface area contributed by atoms with Crippen LogP contribution in [-0.2, 0) is 16.0 Å². The highest BCUT2D eigenvalue weighted by molar-refractivity contribution is 5.83. The largest absolute Gasteiger partial charge is 0.480 e. The van der Waals surface area contributed by atoms with E-state index >= 15 is 0 Å². The fraction of sp³-hybridized carbons (Fsp3) is 0.444. The van der Waals surface area contributed by atoms with Crippen molar-refractivity contribution in [1.82, 2.24) is 10.3 Å². The van der Waals surface area contributed by atoms with E-state index in [9.17, 15) is 9.59 Å². The minimum absolute atomic E-state index is 0.0501. The van der Waals surface area contributed by atoms with Crippen molar-refractivity contribution in [3.8, 4) is 0 Å². The number of aryl methyl sites for hydroxylation is 1. The number of oxazole rings is 1. The lowest BCUT2D eigenvalue weighted by Crippen LogP contribution is -2.39. The summed E-state index contributed by atoms with van der Waals surface area (Å²) < 4.78 is 5.08. The Morgan fingerprint density at radius 3 is 2.80 bits per heavy atom. The highest BCUT2D eigenvalue weighted by atomic mass is 16.4. The molecule has 0 fully saturated rings. The van der Waals surface area contributed by atoms with E-state index in [1.807, 2.05) is 0 Å². The van der Waals surface area contributed by atoms with Gasteiger partial charge in [-0.15, -0.1) is 0 Å². The van der Waals surface area contributed by atoms with E-state index in [1.54, 1.807) is 6.92 Å². The van der Waals surface area contributed by atoms with Crippen molar-refractivity contribution in [2.45, 2.75) is 26.3 Å². The molecule has 0 spiro atoms. The Kier molecular flexibility index (Phi) is 3.43. The maximum absolute atomic E-state index is 11.3. The summed E-state index contributed by atoms with van der Waals surface area (Å²) in [5.41, 5.74) is 0. The SMILES string of the molecule is Cc1cnc(CC(=O)N[C@@H](C)C(=O)O)o1. The second-order valence-corrected chi connectivity index (χ2v) is 3.17. The average molecular weight is 212 g/mol. The van der Waals surface area contributed by atoms with Crippen molar-refractivity contribution >= 4 is 11.9 Å². The minimum Gasteiger partial charge on any atom is -0.480 e. The fourth-order valence-corrected chi connectivity index (χ4v) is 0.975. The number of carbonyl (C=O) groups is 2. The zero-order valence-electron chi connectivity index (χ0n) is 8.48. The van der Waals surface area contributed by atoms with Crippen molar-refractivity contribution in [2.75, 3.05) is 0 Å². The maximum atomic E-state index is 11.3. The van der Waals surface area contributed by atoms with Crippen LogP contribution in [0.15, 0.2) is 10.6 Å². The Labute approximate surface area is 86.3 Å². The summed E-state index contributed by atoms with van der Waals surface area (Å²) in [7, 11) is 0. The molecule has 6 heteroatoms. The fourth-order valence-electron chi connectivity index (χ4n) is 0.975. The summed E-state index contributed by atoms with van der Waals surface area (Å²) in [6.07, 6.45) is 1.45. The number of carboxylic acids is 1. The monoisotopic (exact) mass is 212 g/mol. The Balaban J connectivity index is 2.46. The molecule has 0 aliphatic heterocycles. The second-order valence-electron chi connectivity index (χ2n) is 3.17. The van der Waals surface area contributed by atoms with Gasteiger partial charge in [0, 0.05) is 0 Å². The highest BCUT2D eigenvalue weighted by Crippen LogP contribution is 2.02. The molecular weight excluding hydrogens is 200 g/mol. The smallest absolute Gasteiger partial charge is 0.325 e. The number of aliphatic carboxylic acids is 1. The summed E-state index contributed by atoms with van der Waals surface area (Å²) >= 11 is 0. The third kappa shape index (κ3) is 3.41. The highest BCUT2D eigenvalue weighted by Gasteiger charge is 2.15.